The molecule has 1 amide bonds. The molecule has 2 aromatic rings. The number of carbonyl (C=O) groups is 1. The Hall–Kier alpha value is -1.75. The number of aryl methyl sites for hydroxylation is 1. The Balaban J connectivity index is 2.22. The van der Waals surface area contributed by atoms with E-state index in [9.17, 15) is 4.79 Å². The van der Waals surface area contributed by atoms with Crippen molar-refractivity contribution in [2.45, 2.75) is 6.92 Å². The van der Waals surface area contributed by atoms with Gasteiger partial charge in [-0.3, -0.25) is 4.79 Å². The highest BCUT2D eigenvalue weighted by Gasteiger charge is 2.13. The Morgan fingerprint density at radius 2 is 2.05 bits per heavy atom. The Bertz CT molecular complexity index is 605. The minimum atomic E-state index is -0.200. The van der Waals surface area contributed by atoms with Gasteiger partial charge in [0.05, 0.1) is 11.8 Å². The predicted molar refractivity (Wildman–Crippen MR) is 79.9 cm³/mol. The van der Waals surface area contributed by atoms with E-state index in [1.807, 2.05) is 44.1 Å². The van der Waals surface area contributed by atoms with E-state index in [4.69, 9.17) is 4.42 Å². The highest BCUT2D eigenvalue weighted by molar-refractivity contribution is 9.10. The number of nitrogens with zero attached hydrogens (tertiary/aromatic N) is 1. The van der Waals surface area contributed by atoms with Crippen LogP contribution in [0.1, 0.15) is 15.9 Å². The van der Waals surface area contributed by atoms with Gasteiger partial charge >= 0.3 is 0 Å². The van der Waals surface area contributed by atoms with Crippen molar-refractivity contribution in [1.29, 1.82) is 0 Å². The summed E-state index contributed by atoms with van der Waals surface area (Å²) in [5.41, 5.74) is 3.47. The van der Waals surface area contributed by atoms with Crippen LogP contribution in [0, 0.1) is 6.92 Å². The fourth-order valence-corrected chi connectivity index (χ4v) is 2.24. The zero-order valence-electron chi connectivity index (χ0n) is 11.0. The molecule has 0 saturated heterocycles. The monoisotopic (exact) mass is 322 g/mol. The van der Waals surface area contributed by atoms with Crippen LogP contribution in [0.15, 0.2) is 39.6 Å². The van der Waals surface area contributed by atoms with Crippen molar-refractivity contribution in [2.75, 3.05) is 24.3 Å². The topological polar surface area (TPSA) is 45.5 Å². The summed E-state index contributed by atoms with van der Waals surface area (Å²) in [6.07, 6.45) is 1.47. The smallest absolute Gasteiger partial charge is 0.260 e. The number of halogens is 1. The van der Waals surface area contributed by atoms with Crippen LogP contribution < -0.4 is 10.2 Å². The zero-order chi connectivity index (χ0) is 14.0. The van der Waals surface area contributed by atoms with Gasteiger partial charge in [-0.05, 0) is 46.6 Å². The minimum absolute atomic E-state index is 0.200. The average Bonchev–Trinajstić information content (AvgIpc) is 2.77. The maximum atomic E-state index is 12.0. The third-order valence-corrected chi connectivity index (χ3v) is 3.43. The van der Waals surface area contributed by atoms with Gasteiger partial charge in [-0.2, -0.15) is 0 Å². The lowest BCUT2D eigenvalue weighted by molar-refractivity contribution is 0.102. The Kier molecular flexibility index (Phi) is 3.95. The van der Waals surface area contributed by atoms with Gasteiger partial charge in [0, 0.05) is 25.5 Å². The van der Waals surface area contributed by atoms with Gasteiger partial charge in [0.15, 0.2) is 4.67 Å². The molecule has 0 aliphatic heterocycles. The number of benzene rings is 1. The summed E-state index contributed by atoms with van der Waals surface area (Å²) in [5.74, 6) is -0.200. The fraction of sp³-hybridized carbons (Fsp3) is 0.214. The van der Waals surface area contributed by atoms with Crippen molar-refractivity contribution in [3.05, 3.63) is 46.3 Å². The van der Waals surface area contributed by atoms with Crippen LogP contribution in [-0.4, -0.2) is 20.0 Å². The summed E-state index contributed by atoms with van der Waals surface area (Å²) in [6, 6.07) is 7.44. The van der Waals surface area contributed by atoms with Crippen LogP contribution in [0.2, 0.25) is 0 Å². The fourth-order valence-electron chi connectivity index (χ4n) is 1.82. The van der Waals surface area contributed by atoms with Gasteiger partial charge in [0.2, 0.25) is 0 Å². The molecule has 0 saturated carbocycles. The lowest BCUT2D eigenvalue weighted by Crippen LogP contribution is -2.14. The second kappa shape index (κ2) is 5.48. The second-order valence-electron chi connectivity index (χ2n) is 4.46. The van der Waals surface area contributed by atoms with Gasteiger partial charge in [-0.15, -0.1) is 0 Å². The first-order valence-corrected chi connectivity index (χ1v) is 6.60. The lowest BCUT2D eigenvalue weighted by atomic mass is 10.1. The molecular weight excluding hydrogens is 308 g/mol. The zero-order valence-corrected chi connectivity index (χ0v) is 12.6. The van der Waals surface area contributed by atoms with Gasteiger partial charge in [-0.1, -0.05) is 6.07 Å². The first kappa shape index (κ1) is 13.7. The Labute approximate surface area is 120 Å². The quantitative estimate of drug-likeness (QED) is 0.937. The van der Waals surface area contributed by atoms with Crippen molar-refractivity contribution >= 4 is 33.2 Å². The summed E-state index contributed by atoms with van der Waals surface area (Å²) in [6.45, 7) is 2.04. The largest absolute Gasteiger partial charge is 0.457 e. The maximum Gasteiger partial charge on any atom is 0.260 e. The van der Waals surface area contributed by atoms with Crippen molar-refractivity contribution < 1.29 is 9.21 Å². The number of hydrogen-bond acceptors (Lipinski definition) is 3. The molecule has 2 rings (SSSR count). The minimum Gasteiger partial charge on any atom is -0.457 e. The van der Waals surface area contributed by atoms with Crippen LogP contribution in [0.4, 0.5) is 11.4 Å². The van der Waals surface area contributed by atoms with E-state index < -0.39 is 0 Å². The molecule has 0 bridgehead atoms. The summed E-state index contributed by atoms with van der Waals surface area (Å²) in [4.78, 5) is 14.1. The molecule has 0 atom stereocenters. The van der Waals surface area contributed by atoms with Crippen molar-refractivity contribution in [3.63, 3.8) is 0 Å². The average molecular weight is 323 g/mol. The van der Waals surface area contributed by atoms with Crippen LogP contribution >= 0.6 is 15.9 Å². The molecule has 4 nitrogen and oxygen atoms in total. The standard InChI is InChI=1S/C14H15BrN2O2/c1-9-4-5-10(8-12(9)17(2)3)16-14(18)11-6-7-19-13(11)15/h4-8H,1-3H3,(H,16,18). The molecule has 0 unspecified atom stereocenters. The Morgan fingerprint density at radius 3 is 2.63 bits per heavy atom. The summed E-state index contributed by atoms with van der Waals surface area (Å²) < 4.78 is 5.49. The van der Waals surface area contributed by atoms with Crippen molar-refractivity contribution in [3.8, 4) is 0 Å². The molecule has 100 valence electrons. The highest BCUT2D eigenvalue weighted by atomic mass is 79.9. The number of nitrogens with one attached hydrogen (secondary N) is 1. The van der Waals surface area contributed by atoms with Crippen molar-refractivity contribution in [2.24, 2.45) is 0 Å². The number of furan rings is 1. The van der Waals surface area contributed by atoms with Crippen molar-refractivity contribution in [1.82, 2.24) is 0 Å². The van der Waals surface area contributed by atoms with Gasteiger partial charge < -0.3 is 14.6 Å². The first-order chi connectivity index (χ1) is 8.99. The molecule has 0 aliphatic carbocycles. The molecule has 1 N–H and O–H groups in total. The number of carbonyl (C=O) groups excluding carboxylic acids is 1. The number of anilines is 2. The number of hydrogen-bond donors (Lipinski definition) is 1. The molecule has 1 aromatic heterocycles. The van der Waals surface area contributed by atoms with Gasteiger partial charge in [0.1, 0.15) is 0 Å². The Morgan fingerprint density at radius 1 is 1.32 bits per heavy atom. The molecule has 0 spiro atoms. The number of amides is 1. The van der Waals surface area contributed by atoms with E-state index in [0.717, 1.165) is 16.9 Å². The van der Waals surface area contributed by atoms with E-state index in [1.165, 1.54) is 6.26 Å². The van der Waals surface area contributed by atoms with E-state index in [1.54, 1.807) is 6.07 Å². The molecule has 0 aliphatic rings. The molecule has 1 heterocycles. The molecule has 0 radical (unpaired) electrons. The predicted octanol–water partition coefficient (Wildman–Crippen LogP) is 3.67. The van der Waals surface area contributed by atoms with E-state index in [-0.39, 0.29) is 5.91 Å². The van der Waals surface area contributed by atoms with E-state index >= 15 is 0 Å². The maximum absolute atomic E-state index is 12.0. The first-order valence-electron chi connectivity index (χ1n) is 5.81. The van der Waals surface area contributed by atoms with Gasteiger partial charge in [-0.25, -0.2) is 0 Å². The summed E-state index contributed by atoms with van der Waals surface area (Å²) in [7, 11) is 3.95. The van der Waals surface area contributed by atoms with Crippen LogP contribution in [0.3, 0.4) is 0 Å². The highest BCUT2D eigenvalue weighted by Crippen LogP contribution is 2.24. The van der Waals surface area contributed by atoms with Crippen LogP contribution in [-0.2, 0) is 0 Å². The molecule has 0 fully saturated rings. The van der Waals surface area contributed by atoms with E-state index in [2.05, 4.69) is 21.2 Å². The van der Waals surface area contributed by atoms with Crippen LogP contribution in [0.25, 0.3) is 0 Å². The molecule has 1 aromatic carbocycles. The number of rotatable bonds is 3. The molecule has 5 heteroatoms. The molecule has 19 heavy (non-hydrogen) atoms. The lowest BCUT2D eigenvalue weighted by Gasteiger charge is -2.17. The third kappa shape index (κ3) is 2.98. The van der Waals surface area contributed by atoms with Gasteiger partial charge in [0.25, 0.3) is 5.91 Å². The normalized spacial score (nSPS) is 10.3. The van der Waals surface area contributed by atoms with Crippen LogP contribution in [0.5, 0.6) is 0 Å². The van der Waals surface area contributed by atoms with E-state index in [0.29, 0.717) is 10.2 Å². The molecular formula is C14H15BrN2O2. The summed E-state index contributed by atoms with van der Waals surface area (Å²) in [5, 5.41) is 2.85. The summed E-state index contributed by atoms with van der Waals surface area (Å²) >= 11 is 3.19. The second-order valence-corrected chi connectivity index (χ2v) is 5.18. The SMILES string of the molecule is Cc1ccc(NC(=O)c2ccoc2Br)cc1N(C)C. The third-order valence-electron chi connectivity index (χ3n) is 2.81.